The minimum absolute atomic E-state index is 0.0506. The van der Waals surface area contributed by atoms with Crippen LogP contribution in [0.2, 0.25) is 0 Å². The van der Waals surface area contributed by atoms with E-state index in [0.29, 0.717) is 0 Å². The second-order valence-electron chi connectivity index (χ2n) is 3.90. The first-order valence-electron chi connectivity index (χ1n) is 5.51. The standard InChI is InChI=1S/C11H16O7/c1-6(12)15-5-10-9(16-7(2)13)4-11(18-10)17-8(3)14/h9-11H,4-5H2,1-3H3/t9-,10+,11-/m1/s1. The van der Waals surface area contributed by atoms with Crippen molar-refractivity contribution in [1.29, 1.82) is 0 Å². The maximum absolute atomic E-state index is 10.9. The molecule has 1 fully saturated rings. The van der Waals surface area contributed by atoms with E-state index in [1.54, 1.807) is 0 Å². The van der Waals surface area contributed by atoms with Gasteiger partial charge in [-0.25, -0.2) is 0 Å². The van der Waals surface area contributed by atoms with Crippen LogP contribution in [-0.4, -0.2) is 43.0 Å². The van der Waals surface area contributed by atoms with Crippen molar-refractivity contribution in [2.24, 2.45) is 0 Å². The second-order valence-corrected chi connectivity index (χ2v) is 3.90. The second kappa shape index (κ2) is 6.34. The van der Waals surface area contributed by atoms with E-state index in [1.807, 2.05) is 0 Å². The average Bonchev–Trinajstić information content (AvgIpc) is 2.55. The van der Waals surface area contributed by atoms with Crippen molar-refractivity contribution in [3.8, 4) is 0 Å². The lowest BCUT2D eigenvalue weighted by molar-refractivity contribution is -0.179. The quantitative estimate of drug-likeness (QED) is 0.525. The molecule has 1 aliphatic rings. The van der Waals surface area contributed by atoms with E-state index < -0.39 is 36.4 Å². The van der Waals surface area contributed by atoms with Crippen LogP contribution in [0.25, 0.3) is 0 Å². The van der Waals surface area contributed by atoms with Crippen LogP contribution in [0.15, 0.2) is 0 Å². The van der Waals surface area contributed by atoms with Crippen LogP contribution in [0, 0.1) is 0 Å². The molecule has 1 rings (SSSR count). The lowest BCUT2D eigenvalue weighted by atomic mass is 10.2. The summed E-state index contributed by atoms with van der Waals surface area (Å²) in [6.45, 7) is 3.73. The first-order valence-corrected chi connectivity index (χ1v) is 5.51. The maximum atomic E-state index is 10.9. The minimum Gasteiger partial charge on any atom is -0.463 e. The number of carbonyl (C=O) groups is 3. The van der Waals surface area contributed by atoms with E-state index in [9.17, 15) is 14.4 Å². The molecule has 1 saturated heterocycles. The first-order chi connectivity index (χ1) is 8.38. The molecule has 0 aromatic rings. The van der Waals surface area contributed by atoms with Crippen LogP contribution in [0.3, 0.4) is 0 Å². The highest BCUT2D eigenvalue weighted by molar-refractivity contribution is 5.67. The van der Waals surface area contributed by atoms with Crippen molar-refractivity contribution in [3.05, 3.63) is 0 Å². The molecule has 1 aliphatic heterocycles. The van der Waals surface area contributed by atoms with Gasteiger partial charge in [-0.3, -0.25) is 14.4 Å². The van der Waals surface area contributed by atoms with E-state index in [1.165, 1.54) is 20.8 Å². The minimum atomic E-state index is -0.785. The zero-order chi connectivity index (χ0) is 13.7. The fraction of sp³-hybridized carbons (Fsp3) is 0.727. The van der Waals surface area contributed by atoms with Gasteiger partial charge < -0.3 is 18.9 Å². The number of carbonyl (C=O) groups excluding carboxylic acids is 3. The van der Waals surface area contributed by atoms with E-state index in [-0.39, 0.29) is 13.0 Å². The number of hydrogen-bond donors (Lipinski definition) is 0. The highest BCUT2D eigenvalue weighted by atomic mass is 16.7. The largest absolute Gasteiger partial charge is 0.463 e. The van der Waals surface area contributed by atoms with Crippen LogP contribution in [0.5, 0.6) is 0 Å². The van der Waals surface area contributed by atoms with Crippen LogP contribution in [-0.2, 0) is 33.3 Å². The third-order valence-electron chi connectivity index (χ3n) is 2.23. The van der Waals surface area contributed by atoms with Crippen LogP contribution in [0.1, 0.15) is 27.2 Å². The van der Waals surface area contributed by atoms with Gasteiger partial charge in [0, 0.05) is 20.8 Å². The Morgan fingerprint density at radius 3 is 2.17 bits per heavy atom. The molecule has 1 heterocycles. The number of ether oxygens (including phenoxy) is 4. The topological polar surface area (TPSA) is 88.1 Å². The summed E-state index contributed by atoms with van der Waals surface area (Å²) < 4.78 is 20.0. The van der Waals surface area contributed by atoms with E-state index in [2.05, 4.69) is 0 Å². The molecule has 0 saturated carbocycles. The molecule has 0 aromatic heterocycles. The molecule has 0 bridgehead atoms. The summed E-state index contributed by atoms with van der Waals surface area (Å²) in [6.07, 6.45) is -1.77. The monoisotopic (exact) mass is 260 g/mol. The average molecular weight is 260 g/mol. The molecule has 0 N–H and O–H groups in total. The summed E-state index contributed by atoms with van der Waals surface area (Å²) in [4.78, 5) is 32.4. The van der Waals surface area contributed by atoms with Gasteiger partial charge in [-0.15, -0.1) is 0 Å². The summed E-state index contributed by atoms with van der Waals surface area (Å²) in [5.41, 5.74) is 0. The number of hydrogen-bond acceptors (Lipinski definition) is 7. The van der Waals surface area contributed by atoms with Gasteiger partial charge in [0.05, 0.1) is 6.42 Å². The van der Waals surface area contributed by atoms with Crippen LogP contribution < -0.4 is 0 Å². The Hall–Kier alpha value is -1.63. The third-order valence-corrected chi connectivity index (χ3v) is 2.23. The highest BCUT2D eigenvalue weighted by Crippen LogP contribution is 2.24. The molecular weight excluding hydrogens is 244 g/mol. The Kier molecular flexibility index (Phi) is 5.08. The van der Waals surface area contributed by atoms with Gasteiger partial charge in [0.25, 0.3) is 0 Å². The van der Waals surface area contributed by atoms with Crippen LogP contribution >= 0.6 is 0 Å². The lowest BCUT2D eigenvalue weighted by Crippen LogP contribution is -2.31. The van der Waals surface area contributed by atoms with Crippen molar-refractivity contribution in [2.75, 3.05) is 6.61 Å². The zero-order valence-corrected chi connectivity index (χ0v) is 10.5. The van der Waals surface area contributed by atoms with Crippen LogP contribution in [0.4, 0.5) is 0 Å². The molecule has 0 aromatic carbocycles. The van der Waals surface area contributed by atoms with Crippen molar-refractivity contribution in [2.45, 2.75) is 45.7 Å². The molecule has 102 valence electrons. The van der Waals surface area contributed by atoms with Crippen molar-refractivity contribution in [1.82, 2.24) is 0 Å². The van der Waals surface area contributed by atoms with E-state index in [0.717, 1.165) is 0 Å². The van der Waals surface area contributed by atoms with Crippen molar-refractivity contribution >= 4 is 17.9 Å². The van der Waals surface area contributed by atoms with E-state index >= 15 is 0 Å². The predicted molar refractivity (Wildman–Crippen MR) is 57.2 cm³/mol. The summed E-state index contributed by atoms with van der Waals surface area (Å²) in [6, 6.07) is 0. The van der Waals surface area contributed by atoms with Gasteiger partial charge in [0.2, 0.25) is 6.29 Å². The smallest absolute Gasteiger partial charge is 0.304 e. The normalized spacial score (nSPS) is 26.5. The Balaban J connectivity index is 2.56. The van der Waals surface area contributed by atoms with Gasteiger partial charge in [-0.05, 0) is 0 Å². The molecule has 0 spiro atoms. The van der Waals surface area contributed by atoms with E-state index in [4.69, 9.17) is 18.9 Å². The number of esters is 3. The summed E-state index contributed by atoms with van der Waals surface area (Å²) in [7, 11) is 0. The van der Waals surface area contributed by atoms with Crippen molar-refractivity contribution < 1.29 is 33.3 Å². The zero-order valence-electron chi connectivity index (χ0n) is 10.5. The molecule has 18 heavy (non-hydrogen) atoms. The predicted octanol–water partition coefficient (Wildman–Crippen LogP) is 0.159. The van der Waals surface area contributed by atoms with Gasteiger partial charge in [0.15, 0.2) is 0 Å². The van der Waals surface area contributed by atoms with Gasteiger partial charge in [-0.1, -0.05) is 0 Å². The molecule has 3 atom stereocenters. The lowest BCUT2D eigenvalue weighted by Gasteiger charge is -2.17. The Morgan fingerprint density at radius 2 is 1.67 bits per heavy atom. The Labute approximate surface area is 104 Å². The fourth-order valence-corrected chi connectivity index (χ4v) is 1.62. The first kappa shape index (κ1) is 14.4. The SMILES string of the molecule is CC(=O)OC[C@@H]1O[C@@H](OC(C)=O)C[C@H]1OC(C)=O. The highest BCUT2D eigenvalue weighted by Gasteiger charge is 2.39. The molecular formula is C11H16O7. The Morgan fingerprint density at radius 1 is 1.06 bits per heavy atom. The van der Waals surface area contributed by atoms with Gasteiger partial charge >= 0.3 is 17.9 Å². The molecule has 7 nitrogen and oxygen atoms in total. The Bertz CT molecular complexity index is 338. The molecule has 0 amide bonds. The molecule has 0 aliphatic carbocycles. The molecule has 0 unspecified atom stereocenters. The fourth-order valence-electron chi connectivity index (χ4n) is 1.62. The summed E-state index contributed by atoms with van der Waals surface area (Å²) >= 11 is 0. The van der Waals surface area contributed by atoms with Gasteiger partial charge in [-0.2, -0.15) is 0 Å². The summed E-state index contributed by atoms with van der Waals surface area (Å²) in [5, 5.41) is 0. The van der Waals surface area contributed by atoms with Crippen molar-refractivity contribution in [3.63, 3.8) is 0 Å². The third kappa shape index (κ3) is 4.70. The molecule has 0 radical (unpaired) electrons. The van der Waals surface area contributed by atoms with Gasteiger partial charge in [0.1, 0.15) is 18.8 Å². The maximum Gasteiger partial charge on any atom is 0.304 e. The number of rotatable bonds is 4. The molecule has 7 heteroatoms. The summed E-state index contributed by atoms with van der Waals surface area (Å²) in [5.74, 6) is -1.43.